The smallest absolute Gasteiger partial charge is 0.259 e. The summed E-state index contributed by atoms with van der Waals surface area (Å²) in [5.41, 5.74) is 0.455. The molecule has 1 aliphatic heterocycles. The van der Waals surface area contributed by atoms with Crippen LogP contribution < -0.4 is 15.1 Å². The zero-order valence-corrected chi connectivity index (χ0v) is 19.7. The predicted octanol–water partition coefficient (Wildman–Crippen LogP) is 4.45. The van der Waals surface area contributed by atoms with Crippen molar-refractivity contribution in [1.29, 1.82) is 5.26 Å². The number of hydrogen-bond donors (Lipinski definition) is 1. The number of hydrogen-bond acceptors (Lipinski definition) is 4. The minimum atomic E-state index is -1.08. The molecule has 0 aliphatic carbocycles. The maximum atomic E-state index is 14.9. The SMILES string of the molecule is Cc1cc(N2C(=O)C(C)(C)N(c3ccc(C(=O)NC(C)(C)C)c(F)c3)C2=S)ccc1C#N. The summed E-state index contributed by atoms with van der Waals surface area (Å²) in [5, 5.41) is 12.1. The minimum absolute atomic E-state index is 0.0857. The van der Waals surface area contributed by atoms with Gasteiger partial charge >= 0.3 is 0 Å². The quantitative estimate of drug-likeness (QED) is 0.697. The van der Waals surface area contributed by atoms with E-state index in [-0.39, 0.29) is 16.6 Å². The van der Waals surface area contributed by atoms with Crippen molar-refractivity contribution in [2.75, 3.05) is 9.80 Å². The van der Waals surface area contributed by atoms with Crippen LogP contribution in [0.2, 0.25) is 0 Å². The maximum Gasteiger partial charge on any atom is 0.259 e. The number of amides is 2. The first-order valence-electron chi connectivity index (χ1n) is 10.1. The van der Waals surface area contributed by atoms with Gasteiger partial charge in [0.15, 0.2) is 5.11 Å². The standard InChI is InChI=1S/C24H25FN4O2S/c1-14-11-16(8-7-15(14)13-26)28-21(31)24(5,6)29(22(28)32)17-9-10-18(19(25)12-17)20(30)27-23(2,3)4/h7-12H,1-6H3,(H,27,30). The Bertz CT molecular complexity index is 1180. The van der Waals surface area contributed by atoms with Crippen LogP contribution in [0.15, 0.2) is 36.4 Å². The monoisotopic (exact) mass is 452 g/mol. The van der Waals surface area contributed by atoms with Crippen molar-refractivity contribution in [3.8, 4) is 6.07 Å². The van der Waals surface area contributed by atoms with Crippen LogP contribution in [0.1, 0.15) is 56.1 Å². The van der Waals surface area contributed by atoms with Gasteiger partial charge in [0.2, 0.25) is 0 Å². The Labute approximate surface area is 192 Å². The molecule has 166 valence electrons. The molecular formula is C24H25FN4O2S. The van der Waals surface area contributed by atoms with Crippen LogP contribution in [0.3, 0.4) is 0 Å². The van der Waals surface area contributed by atoms with E-state index in [2.05, 4.69) is 11.4 Å². The van der Waals surface area contributed by atoms with Crippen molar-refractivity contribution in [2.24, 2.45) is 0 Å². The third-order valence-electron chi connectivity index (χ3n) is 5.20. The van der Waals surface area contributed by atoms with Gasteiger partial charge in [-0.1, -0.05) is 0 Å². The molecule has 1 saturated heterocycles. The van der Waals surface area contributed by atoms with Crippen LogP contribution in [-0.2, 0) is 4.79 Å². The lowest BCUT2D eigenvalue weighted by atomic mass is 10.0. The summed E-state index contributed by atoms with van der Waals surface area (Å²) in [6, 6.07) is 11.3. The predicted molar refractivity (Wildman–Crippen MR) is 126 cm³/mol. The number of rotatable bonds is 3. The Kier molecular flexibility index (Phi) is 5.83. The van der Waals surface area contributed by atoms with E-state index < -0.39 is 22.8 Å². The van der Waals surface area contributed by atoms with Gasteiger partial charge in [0, 0.05) is 11.2 Å². The Balaban J connectivity index is 2.00. The van der Waals surface area contributed by atoms with E-state index in [1.165, 1.54) is 17.0 Å². The van der Waals surface area contributed by atoms with Gasteiger partial charge in [-0.15, -0.1) is 0 Å². The highest BCUT2D eigenvalue weighted by Crippen LogP contribution is 2.37. The first kappa shape index (κ1) is 23.4. The summed E-state index contributed by atoms with van der Waals surface area (Å²) < 4.78 is 14.9. The highest BCUT2D eigenvalue weighted by molar-refractivity contribution is 7.81. The Hall–Kier alpha value is -3.31. The molecule has 1 N–H and O–H groups in total. The summed E-state index contributed by atoms with van der Waals surface area (Å²) in [5.74, 6) is -1.50. The maximum absolute atomic E-state index is 14.9. The molecular weight excluding hydrogens is 427 g/mol. The highest BCUT2D eigenvalue weighted by atomic mass is 32.1. The van der Waals surface area contributed by atoms with Crippen molar-refractivity contribution < 1.29 is 14.0 Å². The van der Waals surface area contributed by atoms with E-state index >= 15 is 0 Å². The number of carbonyl (C=O) groups excluding carboxylic acids is 2. The number of thiocarbonyl (C=S) groups is 1. The zero-order valence-electron chi connectivity index (χ0n) is 18.9. The van der Waals surface area contributed by atoms with Crippen LogP contribution in [0.25, 0.3) is 0 Å². The number of nitriles is 1. The molecule has 2 amide bonds. The second kappa shape index (κ2) is 7.99. The summed E-state index contributed by atoms with van der Waals surface area (Å²) in [7, 11) is 0. The molecule has 1 fully saturated rings. The highest BCUT2D eigenvalue weighted by Gasteiger charge is 2.50. The molecule has 0 bridgehead atoms. The van der Waals surface area contributed by atoms with Crippen molar-refractivity contribution >= 4 is 40.5 Å². The normalized spacial score (nSPS) is 15.7. The van der Waals surface area contributed by atoms with E-state index in [0.717, 1.165) is 5.56 Å². The summed E-state index contributed by atoms with van der Waals surface area (Å²) in [6.45, 7) is 10.6. The molecule has 0 unspecified atom stereocenters. The van der Waals surface area contributed by atoms with Gasteiger partial charge in [0.1, 0.15) is 11.4 Å². The first-order chi connectivity index (χ1) is 14.8. The molecule has 6 nitrogen and oxygen atoms in total. The summed E-state index contributed by atoms with van der Waals surface area (Å²) in [4.78, 5) is 28.6. The van der Waals surface area contributed by atoms with E-state index in [1.54, 1.807) is 49.9 Å². The van der Waals surface area contributed by atoms with E-state index in [1.807, 2.05) is 20.8 Å². The fourth-order valence-electron chi connectivity index (χ4n) is 3.60. The lowest BCUT2D eigenvalue weighted by Crippen LogP contribution is -2.44. The zero-order chi connectivity index (χ0) is 24.0. The molecule has 1 heterocycles. The largest absolute Gasteiger partial charge is 0.347 e. The van der Waals surface area contributed by atoms with Crippen LogP contribution in [-0.4, -0.2) is 28.0 Å². The van der Waals surface area contributed by atoms with Gasteiger partial charge in [0.25, 0.3) is 11.8 Å². The number of halogens is 1. The topological polar surface area (TPSA) is 76.4 Å². The van der Waals surface area contributed by atoms with Crippen LogP contribution in [0.5, 0.6) is 0 Å². The number of anilines is 2. The molecule has 8 heteroatoms. The average molecular weight is 453 g/mol. The van der Waals surface area contributed by atoms with Gasteiger partial charge in [-0.25, -0.2) is 4.39 Å². The molecule has 1 aliphatic rings. The molecule has 2 aromatic carbocycles. The molecule has 0 spiro atoms. The van der Waals surface area contributed by atoms with Crippen LogP contribution in [0.4, 0.5) is 15.8 Å². The average Bonchev–Trinajstić information content (AvgIpc) is 2.84. The molecule has 0 atom stereocenters. The lowest BCUT2D eigenvalue weighted by molar-refractivity contribution is -0.120. The van der Waals surface area contributed by atoms with Crippen molar-refractivity contribution in [3.05, 3.63) is 58.9 Å². The van der Waals surface area contributed by atoms with Crippen LogP contribution in [0, 0.1) is 24.1 Å². The van der Waals surface area contributed by atoms with Crippen molar-refractivity contribution in [1.82, 2.24) is 5.32 Å². The summed E-state index contributed by atoms with van der Waals surface area (Å²) >= 11 is 5.62. The Morgan fingerprint density at radius 1 is 1.16 bits per heavy atom. The lowest BCUT2D eigenvalue weighted by Gasteiger charge is -2.29. The molecule has 3 rings (SSSR count). The van der Waals surface area contributed by atoms with Crippen molar-refractivity contribution in [2.45, 2.75) is 52.6 Å². The molecule has 32 heavy (non-hydrogen) atoms. The Morgan fingerprint density at radius 3 is 2.31 bits per heavy atom. The number of nitrogens with one attached hydrogen (secondary N) is 1. The second-order valence-electron chi connectivity index (χ2n) is 9.30. The van der Waals surface area contributed by atoms with Gasteiger partial charge in [0.05, 0.1) is 22.9 Å². The molecule has 0 radical (unpaired) electrons. The van der Waals surface area contributed by atoms with E-state index in [0.29, 0.717) is 16.9 Å². The number of benzene rings is 2. The van der Waals surface area contributed by atoms with Crippen LogP contribution >= 0.6 is 12.2 Å². The third-order valence-corrected chi connectivity index (χ3v) is 5.57. The molecule has 0 aromatic heterocycles. The molecule has 0 saturated carbocycles. The van der Waals surface area contributed by atoms with E-state index in [9.17, 15) is 19.2 Å². The number of carbonyl (C=O) groups is 2. The third kappa shape index (κ3) is 4.08. The first-order valence-corrected chi connectivity index (χ1v) is 10.5. The summed E-state index contributed by atoms with van der Waals surface area (Å²) in [6.07, 6.45) is 0. The Morgan fingerprint density at radius 2 is 1.78 bits per heavy atom. The van der Waals surface area contributed by atoms with Gasteiger partial charge in [-0.3, -0.25) is 14.5 Å². The van der Waals surface area contributed by atoms with E-state index in [4.69, 9.17) is 12.2 Å². The fraction of sp³-hybridized carbons (Fsp3) is 0.333. The van der Waals surface area contributed by atoms with Gasteiger partial charge < -0.3 is 10.2 Å². The van der Waals surface area contributed by atoms with Gasteiger partial charge in [-0.05, 0) is 95.7 Å². The van der Waals surface area contributed by atoms with Gasteiger partial charge in [-0.2, -0.15) is 5.26 Å². The molecule has 2 aromatic rings. The number of nitrogens with zero attached hydrogens (tertiary/aromatic N) is 3. The van der Waals surface area contributed by atoms with Crippen molar-refractivity contribution in [3.63, 3.8) is 0 Å². The number of aryl methyl sites for hydroxylation is 1. The second-order valence-corrected chi connectivity index (χ2v) is 9.66. The fourth-order valence-corrected chi connectivity index (χ4v) is 4.13. The minimum Gasteiger partial charge on any atom is -0.347 e.